The highest BCUT2D eigenvalue weighted by atomic mass is 16.5. The van der Waals surface area contributed by atoms with Crippen LogP contribution in [0.4, 0.5) is 0 Å². The van der Waals surface area contributed by atoms with E-state index in [9.17, 15) is 0 Å². The van der Waals surface area contributed by atoms with Crippen molar-refractivity contribution in [2.45, 2.75) is 201 Å². The average Bonchev–Trinajstić information content (AvgIpc) is 3.04. The van der Waals surface area contributed by atoms with Crippen LogP contribution in [0.2, 0.25) is 0 Å². The fourth-order valence-corrected chi connectivity index (χ4v) is 10.9. The minimum Gasteiger partial charge on any atom is -0.378 e. The van der Waals surface area contributed by atoms with Crippen LogP contribution in [0, 0.1) is 53.3 Å². The molecule has 0 aliphatic heterocycles. The van der Waals surface area contributed by atoms with Gasteiger partial charge in [0.15, 0.2) is 0 Å². The lowest BCUT2D eigenvalue weighted by Crippen LogP contribution is -2.41. The van der Waals surface area contributed by atoms with Crippen molar-refractivity contribution < 1.29 is 14.2 Å². The van der Waals surface area contributed by atoms with Crippen LogP contribution < -0.4 is 0 Å². The van der Waals surface area contributed by atoms with Gasteiger partial charge in [0, 0.05) is 19.8 Å². The van der Waals surface area contributed by atoms with E-state index in [4.69, 9.17) is 14.2 Å². The number of hydrogen-bond donors (Lipinski definition) is 0. The zero-order chi connectivity index (χ0) is 32.7. The lowest BCUT2D eigenvalue weighted by atomic mass is 9.58. The summed E-state index contributed by atoms with van der Waals surface area (Å²) in [6, 6.07) is 0. The molecule has 270 valence electrons. The van der Waals surface area contributed by atoms with Gasteiger partial charge in [0.1, 0.15) is 0 Å². The maximum absolute atomic E-state index is 6.60. The third-order valence-corrected chi connectivity index (χ3v) is 13.3. The second-order valence-corrected chi connectivity index (χ2v) is 17.5. The Morgan fingerprint density at radius 1 is 0.370 bits per heavy atom. The van der Waals surface area contributed by atoms with Gasteiger partial charge in [-0.05, 0) is 150 Å². The molecule has 11 unspecified atom stereocenters. The Kier molecular flexibility index (Phi) is 17.8. The molecule has 0 saturated heterocycles. The Morgan fingerprint density at radius 3 is 1.15 bits per heavy atom. The van der Waals surface area contributed by atoms with E-state index in [1.54, 1.807) is 0 Å². The molecule has 0 aromatic carbocycles. The molecule has 3 heteroatoms. The highest BCUT2D eigenvalue weighted by molar-refractivity contribution is 4.94. The molecule has 0 amide bonds. The second-order valence-electron chi connectivity index (χ2n) is 17.5. The lowest BCUT2D eigenvalue weighted by Gasteiger charge is -2.48. The van der Waals surface area contributed by atoms with Gasteiger partial charge in [-0.2, -0.15) is 0 Å². The summed E-state index contributed by atoms with van der Waals surface area (Å²) in [5.74, 6) is 8.02. The van der Waals surface area contributed by atoms with Gasteiger partial charge in [-0.3, -0.25) is 0 Å². The van der Waals surface area contributed by atoms with E-state index in [2.05, 4.69) is 41.5 Å². The molecule has 0 N–H and O–H groups in total. The van der Waals surface area contributed by atoms with Crippen molar-refractivity contribution >= 4 is 0 Å². The fourth-order valence-electron chi connectivity index (χ4n) is 10.9. The minimum absolute atomic E-state index is 0.413. The second kappa shape index (κ2) is 21.2. The molecule has 0 aromatic rings. The van der Waals surface area contributed by atoms with Gasteiger partial charge in [-0.25, -0.2) is 0 Å². The summed E-state index contributed by atoms with van der Waals surface area (Å²) in [5.41, 5.74) is 0. The molecule has 11 atom stereocenters. The topological polar surface area (TPSA) is 27.7 Å². The Hall–Kier alpha value is -0.120. The van der Waals surface area contributed by atoms with Crippen LogP contribution in [0.15, 0.2) is 0 Å². The van der Waals surface area contributed by atoms with Crippen LogP contribution in [0.5, 0.6) is 0 Å². The van der Waals surface area contributed by atoms with Gasteiger partial charge in [0.25, 0.3) is 0 Å². The monoisotopic (exact) mass is 645 g/mol. The Balaban J connectivity index is 1.40. The molecular formula is C43H80O3. The molecular weight excluding hydrogens is 564 g/mol. The molecule has 4 fully saturated rings. The third kappa shape index (κ3) is 12.6. The van der Waals surface area contributed by atoms with E-state index < -0.39 is 0 Å². The van der Waals surface area contributed by atoms with Crippen molar-refractivity contribution in [1.29, 1.82) is 0 Å². The van der Waals surface area contributed by atoms with Crippen LogP contribution >= 0.6 is 0 Å². The molecule has 46 heavy (non-hydrogen) atoms. The molecule has 4 aliphatic carbocycles. The Morgan fingerprint density at radius 2 is 0.739 bits per heavy atom. The van der Waals surface area contributed by atoms with Crippen molar-refractivity contribution in [3.63, 3.8) is 0 Å². The molecule has 4 saturated carbocycles. The molecule has 0 radical (unpaired) electrons. The maximum atomic E-state index is 6.60. The van der Waals surface area contributed by atoms with Gasteiger partial charge in [0.2, 0.25) is 0 Å². The predicted molar refractivity (Wildman–Crippen MR) is 196 cm³/mol. The average molecular weight is 645 g/mol. The number of ether oxygens (including phenoxy) is 3. The van der Waals surface area contributed by atoms with Crippen molar-refractivity contribution in [3.8, 4) is 0 Å². The molecule has 4 rings (SSSR count). The first kappa shape index (κ1) is 38.7. The van der Waals surface area contributed by atoms with Crippen LogP contribution in [-0.2, 0) is 14.2 Å². The molecule has 0 aromatic heterocycles. The number of unbranched alkanes of at least 4 members (excludes halogenated alkanes) is 5. The summed E-state index contributed by atoms with van der Waals surface area (Å²) in [6.07, 6.45) is 31.0. The third-order valence-electron chi connectivity index (χ3n) is 13.3. The summed E-state index contributed by atoms with van der Waals surface area (Å²) < 4.78 is 19.7. The predicted octanol–water partition coefficient (Wildman–Crippen LogP) is 12.4. The standard InChI is InChI=1S/C43H80O3/c1-7-11-15-16-34-24-39(28-41(25-34)44-17-12-8-2)37-22-32(5)20-35(26-37)36-21-33(6)23-38(27-36)40-29-42(45-18-13-9-3)31-43(30-40)46-19-14-10-4/h32-43H,7-31H2,1-6H3. The van der Waals surface area contributed by atoms with Crippen molar-refractivity contribution in [2.75, 3.05) is 19.8 Å². The molecule has 0 spiro atoms. The van der Waals surface area contributed by atoms with Gasteiger partial charge >= 0.3 is 0 Å². The number of rotatable bonds is 19. The normalized spacial score (nSPS) is 39.0. The van der Waals surface area contributed by atoms with Crippen LogP contribution in [-0.4, -0.2) is 38.1 Å². The van der Waals surface area contributed by atoms with Crippen molar-refractivity contribution in [3.05, 3.63) is 0 Å². The molecule has 4 aliphatic rings. The quantitative estimate of drug-likeness (QED) is 0.131. The Labute approximate surface area is 287 Å². The van der Waals surface area contributed by atoms with E-state index in [0.29, 0.717) is 18.3 Å². The Bertz CT molecular complexity index is 684. The number of hydrogen-bond acceptors (Lipinski definition) is 3. The zero-order valence-corrected chi connectivity index (χ0v) is 31.8. The van der Waals surface area contributed by atoms with E-state index in [-0.39, 0.29) is 0 Å². The first-order valence-corrected chi connectivity index (χ1v) is 21.3. The largest absolute Gasteiger partial charge is 0.378 e. The van der Waals surface area contributed by atoms with Gasteiger partial charge in [-0.15, -0.1) is 0 Å². The van der Waals surface area contributed by atoms with E-state index >= 15 is 0 Å². The van der Waals surface area contributed by atoms with Crippen molar-refractivity contribution in [1.82, 2.24) is 0 Å². The van der Waals surface area contributed by atoms with Crippen molar-refractivity contribution in [2.24, 2.45) is 53.3 Å². The molecule has 0 bridgehead atoms. The van der Waals surface area contributed by atoms with E-state index in [0.717, 1.165) is 79.5 Å². The van der Waals surface area contributed by atoms with Crippen LogP contribution in [0.3, 0.4) is 0 Å². The maximum Gasteiger partial charge on any atom is 0.0602 e. The van der Waals surface area contributed by atoms with E-state index in [1.165, 1.54) is 135 Å². The first-order valence-electron chi connectivity index (χ1n) is 21.3. The SMILES string of the molecule is CCCCCC1CC(OCCCC)CC(C2CC(C)CC(C3CC(C)CC(C4CC(OCCCC)CC(OCCCC)C4)C3)C2)C1. The summed E-state index contributed by atoms with van der Waals surface area (Å²) in [4.78, 5) is 0. The minimum atomic E-state index is 0.413. The van der Waals surface area contributed by atoms with E-state index in [1.807, 2.05) is 0 Å². The molecule has 0 heterocycles. The summed E-state index contributed by atoms with van der Waals surface area (Å²) >= 11 is 0. The lowest BCUT2D eigenvalue weighted by molar-refractivity contribution is -0.0788. The summed E-state index contributed by atoms with van der Waals surface area (Å²) in [6.45, 7) is 17.3. The fraction of sp³-hybridized carbons (Fsp3) is 1.00. The summed E-state index contributed by atoms with van der Waals surface area (Å²) in [5, 5.41) is 0. The highest BCUT2D eigenvalue weighted by Crippen LogP contribution is 2.52. The van der Waals surface area contributed by atoms with Gasteiger partial charge < -0.3 is 14.2 Å². The van der Waals surface area contributed by atoms with Crippen LogP contribution in [0.25, 0.3) is 0 Å². The van der Waals surface area contributed by atoms with Crippen LogP contribution in [0.1, 0.15) is 183 Å². The highest BCUT2D eigenvalue weighted by Gasteiger charge is 2.43. The zero-order valence-electron chi connectivity index (χ0n) is 31.8. The smallest absolute Gasteiger partial charge is 0.0602 e. The summed E-state index contributed by atoms with van der Waals surface area (Å²) in [7, 11) is 0. The van der Waals surface area contributed by atoms with Gasteiger partial charge in [0.05, 0.1) is 18.3 Å². The first-order chi connectivity index (χ1) is 22.4. The van der Waals surface area contributed by atoms with Gasteiger partial charge in [-0.1, -0.05) is 86.5 Å². The molecule has 3 nitrogen and oxygen atoms in total.